The number of hydrogen-bond acceptors (Lipinski definition) is 6. The molecule has 1 aliphatic carbocycles. The number of hydroxylamine groups is 2. The third-order valence-electron chi connectivity index (χ3n) is 5.29. The van der Waals surface area contributed by atoms with E-state index in [1.165, 1.54) is 19.3 Å². The molecule has 6 heteroatoms. The molecule has 2 fully saturated rings. The van der Waals surface area contributed by atoms with Crippen LogP contribution in [0.1, 0.15) is 50.6 Å². The normalized spacial score (nSPS) is 30.3. The summed E-state index contributed by atoms with van der Waals surface area (Å²) in [7, 11) is 0. The molecule has 0 radical (unpaired) electrons. The lowest BCUT2D eigenvalue weighted by Gasteiger charge is -2.36. The Bertz CT molecular complexity index is 602. The van der Waals surface area contributed by atoms with Crippen LogP contribution in [0, 0.1) is 5.92 Å². The van der Waals surface area contributed by atoms with Crippen LogP contribution in [0.25, 0.3) is 0 Å². The first-order valence-electron chi connectivity index (χ1n) is 8.99. The number of aromatic nitrogens is 1. The van der Waals surface area contributed by atoms with E-state index in [0.717, 1.165) is 18.4 Å². The molecule has 0 spiro atoms. The van der Waals surface area contributed by atoms with Gasteiger partial charge in [0.05, 0.1) is 25.2 Å². The molecule has 2 aliphatic heterocycles. The Morgan fingerprint density at radius 3 is 3.00 bits per heavy atom. The van der Waals surface area contributed by atoms with E-state index in [2.05, 4.69) is 10.0 Å². The van der Waals surface area contributed by atoms with E-state index in [4.69, 9.17) is 14.3 Å². The number of esters is 1. The molecule has 130 valence electrons. The first kappa shape index (κ1) is 15.8. The van der Waals surface area contributed by atoms with Crippen LogP contribution in [-0.4, -0.2) is 41.4 Å². The Balaban J connectivity index is 1.67. The first-order chi connectivity index (χ1) is 11.8. The maximum Gasteiger partial charge on any atom is 0.337 e. The zero-order chi connectivity index (χ0) is 16.5. The predicted octanol–water partition coefficient (Wildman–Crippen LogP) is 2.64. The lowest BCUT2D eigenvalue weighted by atomic mass is 9.86. The van der Waals surface area contributed by atoms with Gasteiger partial charge >= 0.3 is 5.97 Å². The molecular formula is C18H24N2O4. The monoisotopic (exact) mass is 332 g/mol. The van der Waals surface area contributed by atoms with Gasteiger partial charge in [0, 0.05) is 17.8 Å². The summed E-state index contributed by atoms with van der Waals surface area (Å²) in [6, 6.07) is 4.31. The number of carbonyl (C=O) groups is 1. The van der Waals surface area contributed by atoms with Crippen molar-refractivity contribution in [3.05, 3.63) is 23.9 Å². The molecule has 0 aromatic carbocycles. The third-order valence-corrected chi connectivity index (χ3v) is 5.29. The number of hydrogen-bond donors (Lipinski definition) is 0. The number of carbonyl (C=O) groups excluding carboxylic acids is 1. The van der Waals surface area contributed by atoms with Crippen molar-refractivity contribution in [1.82, 2.24) is 10.0 Å². The summed E-state index contributed by atoms with van der Waals surface area (Å²) >= 11 is 0. The SMILES string of the molecule is CCOC(=O)[C@H]1ON(C2CCCCC2)[C@@H]2c3cccnc3OC[C@H]12. The number of nitrogens with zero attached hydrogens (tertiary/aromatic N) is 2. The lowest BCUT2D eigenvalue weighted by molar-refractivity contribution is -0.208. The van der Waals surface area contributed by atoms with Crippen molar-refractivity contribution in [2.75, 3.05) is 13.2 Å². The summed E-state index contributed by atoms with van der Waals surface area (Å²) in [5, 5.41) is 2.06. The van der Waals surface area contributed by atoms with E-state index < -0.39 is 6.10 Å². The number of ether oxygens (including phenoxy) is 2. The fourth-order valence-electron chi connectivity index (χ4n) is 4.19. The molecule has 1 aromatic rings. The average molecular weight is 332 g/mol. The molecule has 0 amide bonds. The van der Waals surface area contributed by atoms with Gasteiger partial charge in [0.2, 0.25) is 5.88 Å². The molecule has 4 rings (SSSR count). The molecule has 3 atom stereocenters. The van der Waals surface area contributed by atoms with Crippen LogP contribution < -0.4 is 4.74 Å². The maximum atomic E-state index is 12.4. The highest BCUT2D eigenvalue weighted by atomic mass is 16.7. The second-order valence-corrected chi connectivity index (χ2v) is 6.75. The van der Waals surface area contributed by atoms with Crippen LogP contribution in [0.4, 0.5) is 0 Å². The van der Waals surface area contributed by atoms with Gasteiger partial charge in [-0.25, -0.2) is 9.78 Å². The van der Waals surface area contributed by atoms with Crippen molar-refractivity contribution < 1.29 is 19.1 Å². The van der Waals surface area contributed by atoms with Gasteiger partial charge in [0.15, 0.2) is 6.10 Å². The fourth-order valence-corrected chi connectivity index (χ4v) is 4.19. The van der Waals surface area contributed by atoms with Crippen molar-refractivity contribution in [3.8, 4) is 5.88 Å². The summed E-state index contributed by atoms with van der Waals surface area (Å²) in [6.07, 6.45) is 7.06. The molecular weight excluding hydrogens is 308 g/mol. The van der Waals surface area contributed by atoms with Gasteiger partial charge in [-0.05, 0) is 25.8 Å². The van der Waals surface area contributed by atoms with Crippen molar-refractivity contribution >= 4 is 5.97 Å². The summed E-state index contributed by atoms with van der Waals surface area (Å²) in [5.41, 5.74) is 1.02. The van der Waals surface area contributed by atoms with Gasteiger partial charge in [0.25, 0.3) is 0 Å². The minimum atomic E-state index is -0.592. The molecule has 1 saturated carbocycles. The molecule has 3 heterocycles. The van der Waals surface area contributed by atoms with E-state index >= 15 is 0 Å². The van der Waals surface area contributed by atoms with E-state index in [-0.39, 0.29) is 17.9 Å². The zero-order valence-electron chi connectivity index (χ0n) is 14.0. The standard InChI is InChI=1S/C18H24N2O4/c1-2-22-18(21)16-14-11-23-17-13(9-6-10-19-17)15(14)20(24-16)12-7-4-3-5-8-12/h6,9-10,12,14-16H,2-5,7-8,11H2,1H3/t14-,15+,16-/m0/s1. The second-order valence-electron chi connectivity index (χ2n) is 6.75. The number of rotatable bonds is 3. The third kappa shape index (κ3) is 2.67. The van der Waals surface area contributed by atoms with Crippen LogP contribution in [0.15, 0.2) is 18.3 Å². The molecule has 6 nitrogen and oxygen atoms in total. The van der Waals surface area contributed by atoms with Gasteiger partial charge in [-0.1, -0.05) is 25.3 Å². The molecule has 0 bridgehead atoms. The Labute approximate surface area is 142 Å². The smallest absolute Gasteiger partial charge is 0.337 e. The van der Waals surface area contributed by atoms with E-state index in [1.807, 2.05) is 19.1 Å². The molecule has 24 heavy (non-hydrogen) atoms. The van der Waals surface area contributed by atoms with Gasteiger partial charge in [-0.3, -0.25) is 4.84 Å². The van der Waals surface area contributed by atoms with Crippen molar-refractivity contribution in [2.24, 2.45) is 5.92 Å². The molecule has 1 saturated heterocycles. The van der Waals surface area contributed by atoms with Crippen LogP contribution in [0.3, 0.4) is 0 Å². The topological polar surface area (TPSA) is 60.9 Å². The number of fused-ring (bicyclic) bond motifs is 3. The summed E-state index contributed by atoms with van der Waals surface area (Å²) in [4.78, 5) is 22.9. The van der Waals surface area contributed by atoms with Crippen molar-refractivity contribution in [1.29, 1.82) is 0 Å². The van der Waals surface area contributed by atoms with Crippen LogP contribution >= 0.6 is 0 Å². The predicted molar refractivity (Wildman–Crippen MR) is 86.2 cm³/mol. The van der Waals surface area contributed by atoms with Crippen LogP contribution in [-0.2, 0) is 14.4 Å². The Hall–Kier alpha value is -1.66. The maximum absolute atomic E-state index is 12.4. The van der Waals surface area contributed by atoms with Gasteiger partial charge in [0.1, 0.15) is 0 Å². The van der Waals surface area contributed by atoms with E-state index in [0.29, 0.717) is 25.1 Å². The van der Waals surface area contributed by atoms with Gasteiger partial charge in [-0.15, -0.1) is 0 Å². The largest absolute Gasteiger partial charge is 0.477 e. The van der Waals surface area contributed by atoms with Gasteiger partial charge < -0.3 is 9.47 Å². The van der Waals surface area contributed by atoms with Crippen LogP contribution in [0.5, 0.6) is 5.88 Å². The number of pyridine rings is 1. The minimum absolute atomic E-state index is 0.0138. The van der Waals surface area contributed by atoms with Crippen molar-refractivity contribution in [3.63, 3.8) is 0 Å². The fraction of sp³-hybridized carbons (Fsp3) is 0.667. The quantitative estimate of drug-likeness (QED) is 0.793. The highest BCUT2D eigenvalue weighted by Crippen LogP contribution is 2.48. The highest BCUT2D eigenvalue weighted by molar-refractivity contribution is 5.75. The van der Waals surface area contributed by atoms with Crippen LogP contribution in [0.2, 0.25) is 0 Å². The van der Waals surface area contributed by atoms with E-state index in [1.54, 1.807) is 6.20 Å². The first-order valence-corrected chi connectivity index (χ1v) is 8.99. The highest BCUT2D eigenvalue weighted by Gasteiger charge is 2.53. The Kier molecular flexibility index (Phi) is 4.41. The average Bonchev–Trinajstić information content (AvgIpc) is 3.03. The van der Waals surface area contributed by atoms with Gasteiger partial charge in [-0.2, -0.15) is 5.06 Å². The summed E-state index contributed by atoms with van der Waals surface area (Å²) in [6.45, 7) is 2.61. The minimum Gasteiger partial charge on any atom is -0.477 e. The molecule has 0 unspecified atom stereocenters. The van der Waals surface area contributed by atoms with Crippen molar-refractivity contribution in [2.45, 2.75) is 57.2 Å². The second kappa shape index (κ2) is 6.69. The summed E-state index contributed by atoms with van der Waals surface area (Å²) in [5.74, 6) is 0.317. The molecule has 0 N–H and O–H groups in total. The Morgan fingerprint density at radius 1 is 1.38 bits per heavy atom. The molecule has 1 aromatic heterocycles. The lowest BCUT2D eigenvalue weighted by Crippen LogP contribution is -2.39. The summed E-state index contributed by atoms with van der Waals surface area (Å²) < 4.78 is 11.0. The van der Waals surface area contributed by atoms with E-state index in [9.17, 15) is 4.79 Å². The molecule has 3 aliphatic rings. The zero-order valence-corrected chi connectivity index (χ0v) is 14.0. The Morgan fingerprint density at radius 2 is 2.21 bits per heavy atom.